The van der Waals surface area contributed by atoms with Crippen LogP contribution in [-0.2, 0) is 15.8 Å². The van der Waals surface area contributed by atoms with Gasteiger partial charge in [0.25, 0.3) is 10.0 Å². The Hall–Kier alpha value is -1.46. The second-order valence-corrected chi connectivity index (χ2v) is 6.60. The summed E-state index contributed by atoms with van der Waals surface area (Å²) in [7, 11) is -3.50. The van der Waals surface area contributed by atoms with Crippen molar-refractivity contribution in [2.45, 2.75) is 10.6 Å². The molecule has 0 aliphatic rings. The van der Waals surface area contributed by atoms with Crippen molar-refractivity contribution in [3.05, 3.63) is 60.2 Å². The molecule has 2 rings (SSSR count). The van der Waals surface area contributed by atoms with Gasteiger partial charge in [-0.25, -0.2) is 8.42 Å². The van der Waals surface area contributed by atoms with Gasteiger partial charge in [-0.2, -0.15) is 11.8 Å². The number of hydrogen-bond donors (Lipinski definition) is 1. The summed E-state index contributed by atoms with van der Waals surface area (Å²) < 4.78 is 26.9. The molecule has 100 valence electrons. The molecule has 3 nitrogen and oxygen atoms in total. The number of thioether (sulfide) groups is 1. The predicted octanol–water partition coefficient (Wildman–Crippen LogP) is 3.35. The zero-order valence-electron chi connectivity index (χ0n) is 10.5. The Balaban J connectivity index is 2.20. The fourth-order valence-corrected chi connectivity index (χ4v) is 3.24. The summed E-state index contributed by atoms with van der Waals surface area (Å²) >= 11 is 1.71. The fraction of sp³-hybridized carbons (Fsp3) is 0.143. The quantitative estimate of drug-likeness (QED) is 0.919. The minimum Gasteiger partial charge on any atom is -0.280 e. The van der Waals surface area contributed by atoms with Crippen LogP contribution in [0.1, 0.15) is 5.56 Å². The van der Waals surface area contributed by atoms with Crippen molar-refractivity contribution in [2.75, 3.05) is 11.0 Å². The lowest BCUT2D eigenvalue weighted by Crippen LogP contribution is -2.12. The topological polar surface area (TPSA) is 46.2 Å². The van der Waals surface area contributed by atoms with E-state index >= 15 is 0 Å². The monoisotopic (exact) mass is 293 g/mol. The molecule has 0 fully saturated rings. The Bertz CT molecular complexity index is 622. The Labute approximate surface area is 118 Å². The highest BCUT2D eigenvalue weighted by Crippen LogP contribution is 2.17. The van der Waals surface area contributed by atoms with Crippen LogP contribution in [0, 0.1) is 0 Å². The van der Waals surface area contributed by atoms with Gasteiger partial charge in [0.05, 0.1) is 4.90 Å². The maximum absolute atomic E-state index is 12.2. The molecule has 0 aliphatic heterocycles. The third-order valence-electron chi connectivity index (χ3n) is 2.57. The number of benzene rings is 2. The summed E-state index contributed by atoms with van der Waals surface area (Å²) in [6, 6.07) is 15.8. The number of anilines is 1. The van der Waals surface area contributed by atoms with E-state index in [0.717, 1.165) is 11.3 Å². The van der Waals surface area contributed by atoms with Crippen molar-refractivity contribution < 1.29 is 8.42 Å². The molecule has 0 aromatic heterocycles. The molecule has 5 heteroatoms. The minimum absolute atomic E-state index is 0.279. The number of rotatable bonds is 5. The highest BCUT2D eigenvalue weighted by Gasteiger charge is 2.13. The lowest BCUT2D eigenvalue weighted by atomic mass is 10.2. The maximum atomic E-state index is 12.2. The van der Waals surface area contributed by atoms with Crippen LogP contribution in [-0.4, -0.2) is 14.7 Å². The van der Waals surface area contributed by atoms with Gasteiger partial charge in [0.1, 0.15) is 0 Å². The largest absolute Gasteiger partial charge is 0.280 e. The molecule has 0 atom stereocenters. The zero-order chi connectivity index (χ0) is 13.7. The van der Waals surface area contributed by atoms with Crippen LogP contribution < -0.4 is 4.72 Å². The molecule has 0 spiro atoms. The van der Waals surface area contributed by atoms with E-state index in [1.54, 1.807) is 48.2 Å². The van der Waals surface area contributed by atoms with E-state index in [4.69, 9.17) is 0 Å². The first kappa shape index (κ1) is 14.0. The first-order chi connectivity index (χ1) is 9.12. The van der Waals surface area contributed by atoms with Crippen LogP contribution in [0.25, 0.3) is 0 Å². The average molecular weight is 293 g/mol. The Morgan fingerprint density at radius 3 is 2.21 bits per heavy atom. The van der Waals surface area contributed by atoms with E-state index in [1.807, 2.05) is 24.5 Å². The Morgan fingerprint density at radius 2 is 1.63 bits per heavy atom. The highest BCUT2D eigenvalue weighted by molar-refractivity contribution is 7.97. The van der Waals surface area contributed by atoms with E-state index in [1.165, 1.54) is 0 Å². The predicted molar refractivity (Wildman–Crippen MR) is 80.9 cm³/mol. The maximum Gasteiger partial charge on any atom is 0.261 e. The van der Waals surface area contributed by atoms with Crippen LogP contribution in [0.4, 0.5) is 5.69 Å². The van der Waals surface area contributed by atoms with Gasteiger partial charge in [-0.15, -0.1) is 0 Å². The van der Waals surface area contributed by atoms with Crippen LogP contribution in [0.3, 0.4) is 0 Å². The second kappa shape index (κ2) is 6.12. The van der Waals surface area contributed by atoms with Crippen molar-refractivity contribution in [3.63, 3.8) is 0 Å². The van der Waals surface area contributed by atoms with E-state index in [-0.39, 0.29) is 4.90 Å². The van der Waals surface area contributed by atoms with Gasteiger partial charge in [-0.1, -0.05) is 30.3 Å². The third kappa shape index (κ3) is 3.75. The average Bonchev–Trinajstić information content (AvgIpc) is 2.40. The molecule has 0 bridgehead atoms. The summed E-state index contributed by atoms with van der Waals surface area (Å²) in [6.45, 7) is 0. The van der Waals surface area contributed by atoms with Crippen LogP contribution >= 0.6 is 11.8 Å². The summed E-state index contributed by atoms with van der Waals surface area (Å²) in [6.07, 6.45) is 2.02. The van der Waals surface area contributed by atoms with Crippen molar-refractivity contribution in [1.82, 2.24) is 0 Å². The van der Waals surface area contributed by atoms with E-state index in [2.05, 4.69) is 4.72 Å². The lowest BCUT2D eigenvalue weighted by Gasteiger charge is -2.08. The molecule has 2 aromatic rings. The first-order valence-electron chi connectivity index (χ1n) is 5.77. The van der Waals surface area contributed by atoms with Gasteiger partial charge < -0.3 is 0 Å². The highest BCUT2D eigenvalue weighted by atomic mass is 32.2. The normalized spacial score (nSPS) is 11.2. The molecule has 0 saturated carbocycles. The summed E-state index contributed by atoms with van der Waals surface area (Å²) in [5, 5.41) is 0. The molecule has 1 N–H and O–H groups in total. The molecule has 0 unspecified atom stereocenters. The van der Waals surface area contributed by atoms with Crippen molar-refractivity contribution in [1.29, 1.82) is 0 Å². The number of nitrogens with one attached hydrogen (secondary N) is 1. The van der Waals surface area contributed by atoms with Crippen molar-refractivity contribution >= 4 is 27.5 Å². The van der Waals surface area contributed by atoms with E-state index < -0.39 is 10.0 Å². The summed E-state index contributed by atoms with van der Waals surface area (Å²) in [5.41, 5.74) is 1.68. The number of para-hydroxylation sites is 1. The van der Waals surface area contributed by atoms with Crippen LogP contribution in [0.15, 0.2) is 59.5 Å². The zero-order valence-corrected chi connectivity index (χ0v) is 12.2. The molecule has 0 radical (unpaired) electrons. The molecular formula is C14H15NO2S2. The molecule has 19 heavy (non-hydrogen) atoms. The number of hydrogen-bond acceptors (Lipinski definition) is 3. The van der Waals surface area contributed by atoms with Gasteiger partial charge in [0.15, 0.2) is 0 Å². The van der Waals surface area contributed by atoms with E-state index in [9.17, 15) is 8.42 Å². The molecular weight excluding hydrogens is 278 g/mol. The van der Waals surface area contributed by atoms with E-state index in [0.29, 0.717) is 5.69 Å². The summed E-state index contributed by atoms with van der Waals surface area (Å²) in [4.78, 5) is 0.279. The summed E-state index contributed by atoms with van der Waals surface area (Å²) in [5.74, 6) is 0.881. The van der Waals surface area contributed by atoms with Crippen molar-refractivity contribution in [2.24, 2.45) is 0 Å². The Morgan fingerprint density at radius 1 is 1.00 bits per heavy atom. The third-order valence-corrected chi connectivity index (χ3v) is 4.59. The molecule has 0 amide bonds. The SMILES string of the molecule is CSCc1ccc(S(=O)(=O)Nc2ccccc2)cc1. The second-order valence-electron chi connectivity index (χ2n) is 4.05. The fourth-order valence-electron chi connectivity index (χ4n) is 1.65. The van der Waals surface area contributed by atoms with Gasteiger partial charge in [0, 0.05) is 11.4 Å². The van der Waals surface area contributed by atoms with Gasteiger partial charge in [-0.3, -0.25) is 4.72 Å². The molecule has 2 aromatic carbocycles. The number of sulfonamides is 1. The Kier molecular flexibility index (Phi) is 4.50. The molecule has 0 aliphatic carbocycles. The standard InChI is InChI=1S/C14H15NO2S2/c1-18-11-12-7-9-14(10-8-12)19(16,17)15-13-5-3-2-4-6-13/h2-10,15H,11H2,1H3. The van der Waals surface area contributed by atoms with Gasteiger partial charge in [0.2, 0.25) is 0 Å². The van der Waals surface area contributed by atoms with Crippen LogP contribution in [0.5, 0.6) is 0 Å². The van der Waals surface area contributed by atoms with Gasteiger partial charge >= 0.3 is 0 Å². The molecule has 0 saturated heterocycles. The smallest absolute Gasteiger partial charge is 0.261 e. The van der Waals surface area contributed by atoms with Gasteiger partial charge in [-0.05, 0) is 36.1 Å². The van der Waals surface area contributed by atoms with Crippen molar-refractivity contribution in [3.8, 4) is 0 Å². The first-order valence-corrected chi connectivity index (χ1v) is 8.65. The minimum atomic E-state index is -3.50. The molecule has 0 heterocycles. The lowest BCUT2D eigenvalue weighted by molar-refractivity contribution is 0.601. The van der Waals surface area contributed by atoms with Crippen LogP contribution in [0.2, 0.25) is 0 Å².